The summed E-state index contributed by atoms with van der Waals surface area (Å²) >= 11 is 0. The molecular weight excluding hydrogens is 356 g/mol. The van der Waals surface area contributed by atoms with Crippen LogP contribution in [0.15, 0.2) is 77.9 Å². The predicted octanol–water partition coefficient (Wildman–Crippen LogP) is 3.85. The Balaban J connectivity index is 1.51. The fourth-order valence-electron chi connectivity index (χ4n) is 3.21. The third kappa shape index (κ3) is 3.33. The van der Waals surface area contributed by atoms with E-state index in [9.17, 15) is 14.9 Å². The van der Waals surface area contributed by atoms with Gasteiger partial charge in [-0.25, -0.2) is 5.43 Å². The van der Waals surface area contributed by atoms with Crippen molar-refractivity contribution in [1.29, 1.82) is 0 Å². The number of nitrogens with one attached hydrogen (secondary N) is 1. The lowest BCUT2D eigenvalue weighted by molar-refractivity contribution is -0.384. The van der Waals surface area contributed by atoms with Crippen LogP contribution in [0.1, 0.15) is 5.56 Å². The van der Waals surface area contributed by atoms with Gasteiger partial charge in [-0.3, -0.25) is 14.9 Å². The van der Waals surface area contributed by atoms with Crippen molar-refractivity contribution in [2.75, 3.05) is 0 Å². The summed E-state index contributed by atoms with van der Waals surface area (Å²) in [5.74, 6) is -0.260. The molecule has 1 aromatic heterocycles. The Morgan fingerprint density at radius 3 is 2.11 bits per heavy atom. The number of fused-ring (bicyclic) bond motifs is 3. The summed E-state index contributed by atoms with van der Waals surface area (Å²) in [5, 5.41) is 16.8. The van der Waals surface area contributed by atoms with Crippen LogP contribution < -0.4 is 5.43 Å². The van der Waals surface area contributed by atoms with Crippen molar-refractivity contribution >= 4 is 39.6 Å². The van der Waals surface area contributed by atoms with E-state index in [1.165, 1.54) is 18.3 Å². The van der Waals surface area contributed by atoms with E-state index in [1.807, 2.05) is 53.1 Å². The SMILES string of the molecule is O=C(Cn1c2ccccc2c2ccccc21)N/N=C/c1ccc([N+](=O)[O-])cc1. The maximum Gasteiger partial charge on any atom is 0.269 e. The molecule has 0 atom stereocenters. The average molecular weight is 372 g/mol. The van der Waals surface area contributed by atoms with Crippen LogP contribution in [-0.4, -0.2) is 21.6 Å². The Morgan fingerprint density at radius 1 is 0.964 bits per heavy atom. The molecule has 28 heavy (non-hydrogen) atoms. The minimum absolute atomic E-state index is 0.00699. The van der Waals surface area contributed by atoms with Gasteiger partial charge in [-0.05, 0) is 29.8 Å². The minimum Gasteiger partial charge on any atom is -0.331 e. The first-order valence-electron chi connectivity index (χ1n) is 8.66. The van der Waals surface area contributed by atoms with Gasteiger partial charge >= 0.3 is 0 Å². The lowest BCUT2D eigenvalue weighted by Gasteiger charge is -2.06. The Bertz CT molecular complexity index is 1160. The molecular formula is C21H16N4O3. The molecule has 0 bridgehead atoms. The lowest BCUT2D eigenvalue weighted by atomic mass is 10.2. The molecule has 3 aromatic carbocycles. The first-order valence-corrected chi connectivity index (χ1v) is 8.66. The summed E-state index contributed by atoms with van der Waals surface area (Å²) in [6.07, 6.45) is 1.45. The fraction of sp³-hybridized carbons (Fsp3) is 0.0476. The maximum atomic E-state index is 12.4. The molecule has 4 aromatic rings. The van der Waals surface area contributed by atoms with Gasteiger partial charge in [-0.15, -0.1) is 0 Å². The average Bonchev–Trinajstić information content (AvgIpc) is 3.03. The topological polar surface area (TPSA) is 89.5 Å². The van der Waals surface area contributed by atoms with Crippen molar-refractivity contribution in [2.24, 2.45) is 5.10 Å². The molecule has 0 aliphatic carbocycles. The Kier molecular flexibility index (Phi) is 4.55. The van der Waals surface area contributed by atoms with Gasteiger partial charge in [0.1, 0.15) is 6.54 Å². The Hall–Kier alpha value is -4.00. The second-order valence-corrected chi connectivity index (χ2v) is 6.26. The number of benzene rings is 3. The highest BCUT2D eigenvalue weighted by molar-refractivity contribution is 6.08. The van der Waals surface area contributed by atoms with E-state index in [-0.39, 0.29) is 18.1 Å². The second-order valence-electron chi connectivity index (χ2n) is 6.26. The van der Waals surface area contributed by atoms with Crippen molar-refractivity contribution in [3.05, 3.63) is 88.5 Å². The summed E-state index contributed by atoms with van der Waals surface area (Å²) < 4.78 is 1.96. The zero-order valence-electron chi connectivity index (χ0n) is 14.8. The number of nitrogens with zero attached hydrogens (tertiary/aromatic N) is 3. The minimum atomic E-state index is -0.464. The van der Waals surface area contributed by atoms with Crippen LogP contribution in [0.4, 0.5) is 5.69 Å². The monoisotopic (exact) mass is 372 g/mol. The van der Waals surface area contributed by atoms with Gasteiger partial charge < -0.3 is 4.57 Å². The first kappa shape index (κ1) is 17.4. The van der Waals surface area contributed by atoms with E-state index in [0.29, 0.717) is 5.56 Å². The van der Waals surface area contributed by atoms with Crippen LogP contribution in [-0.2, 0) is 11.3 Å². The molecule has 1 N–H and O–H groups in total. The second kappa shape index (κ2) is 7.32. The van der Waals surface area contributed by atoms with Gasteiger partial charge in [0.05, 0.1) is 11.1 Å². The summed E-state index contributed by atoms with van der Waals surface area (Å²) in [6, 6.07) is 21.8. The highest BCUT2D eigenvalue weighted by Gasteiger charge is 2.12. The van der Waals surface area contributed by atoms with Crippen molar-refractivity contribution in [3.8, 4) is 0 Å². The highest BCUT2D eigenvalue weighted by atomic mass is 16.6. The summed E-state index contributed by atoms with van der Waals surface area (Å²) in [7, 11) is 0. The molecule has 1 heterocycles. The number of nitro benzene ring substituents is 1. The number of carbonyl (C=O) groups excluding carboxylic acids is 1. The number of para-hydroxylation sites is 2. The number of nitro groups is 1. The highest BCUT2D eigenvalue weighted by Crippen LogP contribution is 2.28. The molecule has 0 fully saturated rings. The number of hydrogen-bond acceptors (Lipinski definition) is 4. The van der Waals surface area contributed by atoms with Gasteiger partial charge in [0.25, 0.3) is 11.6 Å². The first-order chi connectivity index (χ1) is 13.6. The summed E-state index contributed by atoms with van der Waals surface area (Å²) in [4.78, 5) is 22.6. The van der Waals surface area contributed by atoms with E-state index in [0.717, 1.165) is 21.8 Å². The molecule has 0 spiro atoms. The summed E-state index contributed by atoms with van der Waals surface area (Å²) in [5.41, 5.74) is 5.14. The van der Waals surface area contributed by atoms with Crippen molar-refractivity contribution in [1.82, 2.24) is 9.99 Å². The molecule has 7 heteroatoms. The van der Waals surface area contributed by atoms with Crippen LogP contribution in [0.3, 0.4) is 0 Å². The van der Waals surface area contributed by atoms with E-state index >= 15 is 0 Å². The van der Waals surface area contributed by atoms with Gasteiger partial charge in [0, 0.05) is 33.9 Å². The number of hydrazone groups is 1. The van der Waals surface area contributed by atoms with Crippen LogP contribution >= 0.6 is 0 Å². The number of non-ortho nitro benzene ring substituents is 1. The largest absolute Gasteiger partial charge is 0.331 e. The molecule has 0 radical (unpaired) electrons. The third-order valence-electron chi connectivity index (χ3n) is 4.49. The van der Waals surface area contributed by atoms with Crippen molar-refractivity contribution in [3.63, 3.8) is 0 Å². The van der Waals surface area contributed by atoms with Crippen LogP contribution in [0.2, 0.25) is 0 Å². The van der Waals surface area contributed by atoms with Gasteiger partial charge in [0.2, 0.25) is 0 Å². The number of carbonyl (C=O) groups is 1. The number of amides is 1. The molecule has 4 rings (SSSR count). The Labute approximate surface area is 160 Å². The molecule has 0 saturated carbocycles. The van der Waals surface area contributed by atoms with E-state index in [4.69, 9.17) is 0 Å². The molecule has 0 aliphatic rings. The van der Waals surface area contributed by atoms with Gasteiger partial charge in [-0.2, -0.15) is 5.10 Å². The van der Waals surface area contributed by atoms with E-state index in [1.54, 1.807) is 12.1 Å². The molecule has 1 amide bonds. The predicted molar refractivity (Wildman–Crippen MR) is 108 cm³/mol. The van der Waals surface area contributed by atoms with Crippen LogP contribution in [0, 0.1) is 10.1 Å². The van der Waals surface area contributed by atoms with E-state index in [2.05, 4.69) is 10.5 Å². The standard InChI is InChI=1S/C21H16N4O3/c26-21(23-22-13-15-9-11-16(12-10-15)25(27)28)14-24-19-7-3-1-5-17(19)18-6-2-4-8-20(18)24/h1-13H,14H2,(H,23,26)/b22-13+. The van der Waals surface area contributed by atoms with Gasteiger partial charge in [-0.1, -0.05) is 36.4 Å². The molecule has 0 saturated heterocycles. The maximum absolute atomic E-state index is 12.4. The molecule has 7 nitrogen and oxygen atoms in total. The smallest absolute Gasteiger partial charge is 0.269 e. The third-order valence-corrected chi connectivity index (χ3v) is 4.49. The number of hydrogen-bond donors (Lipinski definition) is 1. The van der Waals surface area contributed by atoms with E-state index < -0.39 is 4.92 Å². The fourth-order valence-corrected chi connectivity index (χ4v) is 3.21. The summed E-state index contributed by atoms with van der Waals surface area (Å²) in [6.45, 7) is 0.131. The van der Waals surface area contributed by atoms with Gasteiger partial charge in [0.15, 0.2) is 0 Å². The molecule has 138 valence electrons. The van der Waals surface area contributed by atoms with Crippen molar-refractivity contribution < 1.29 is 9.72 Å². The van der Waals surface area contributed by atoms with Crippen molar-refractivity contribution in [2.45, 2.75) is 6.54 Å². The Morgan fingerprint density at radius 2 is 1.54 bits per heavy atom. The normalized spacial score (nSPS) is 11.3. The van der Waals surface area contributed by atoms with Crippen LogP contribution in [0.25, 0.3) is 21.8 Å². The molecule has 0 unspecified atom stereocenters. The number of aromatic nitrogens is 1. The van der Waals surface area contributed by atoms with Crippen LogP contribution in [0.5, 0.6) is 0 Å². The zero-order valence-corrected chi connectivity index (χ0v) is 14.8. The molecule has 0 aliphatic heterocycles. The zero-order chi connectivity index (χ0) is 19.5. The quantitative estimate of drug-likeness (QED) is 0.328. The number of rotatable bonds is 5. The lowest BCUT2D eigenvalue weighted by Crippen LogP contribution is -2.23.